The number of anilines is 1. The van der Waals surface area contributed by atoms with Gasteiger partial charge < -0.3 is 15.4 Å². The highest BCUT2D eigenvalue weighted by Gasteiger charge is 2.26. The molecule has 0 atom stereocenters. The van der Waals surface area contributed by atoms with Gasteiger partial charge in [-0.05, 0) is 48.9 Å². The van der Waals surface area contributed by atoms with Gasteiger partial charge in [-0.3, -0.25) is 14.7 Å². The van der Waals surface area contributed by atoms with Crippen molar-refractivity contribution < 1.29 is 18.7 Å². The fourth-order valence-corrected chi connectivity index (χ4v) is 6.09. The zero-order valence-electron chi connectivity index (χ0n) is 20.5. The molecule has 2 heterocycles. The van der Waals surface area contributed by atoms with Crippen LogP contribution >= 0.6 is 23.1 Å². The second-order valence-corrected chi connectivity index (χ2v) is 10.8. The number of hydrogen-bond donors (Lipinski definition) is 3. The molecule has 8 nitrogen and oxygen atoms in total. The zero-order chi connectivity index (χ0) is 26.3. The number of thioether (sulfide) groups is 1. The third kappa shape index (κ3) is 6.40. The van der Waals surface area contributed by atoms with Crippen LogP contribution in [0.2, 0.25) is 0 Å². The van der Waals surface area contributed by atoms with Gasteiger partial charge in [0, 0.05) is 11.4 Å². The molecule has 1 aliphatic carbocycles. The number of nitrogens with one attached hydrogen (secondary N) is 3. The summed E-state index contributed by atoms with van der Waals surface area (Å²) in [5.74, 6) is -0.274. The number of aromatic nitrogens is 3. The highest BCUT2D eigenvalue weighted by atomic mass is 32.2. The smallest absolute Gasteiger partial charge is 0.254 e. The number of carbonyl (C=O) groups is 2. The van der Waals surface area contributed by atoms with E-state index < -0.39 is 5.82 Å². The lowest BCUT2D eigenvalue weighted by molar-refractivity contribution is -0.113. The van der Waals surface area contributed by atoms with Crippen molar-refractivity contribution in [2.45, 2.75) is 44.0 Å². The summed E-state index contributed by atoms with van der Waals surface area (Å²) >= 11 is 2.64. The maximum atomic E-state index is 13.7. The van der Waals surface area contributed by atoms with E-state index in [1.165, 1.54) is 23.5 Å². The molecular formula is C27H26FN5O3S2. The molecule has 2 amide bonds. The Morgan fingerprint density at radius 3 is 2.71 bits per heavy atom. The highest BCUT2D eigenvalue weighted by molar-refractivity contribution is 7.99. The summed E-state index contributed by atoms with van der Waals surface area (Å²) in [5.41, 5.74) is 2.63. The standard InChI is InChI=1S/C27H26FN5O3S2/c28-19-11-5-6-12-20(19)36-15-22-30-27(33-32-22)37-16-23(34)31-26-24(18-10-4-7-13-21(18)38-26)25(35)29-14-17-8-2-1-3-9-17/h1-3,5-6,8-9,11-12H,4,7,10,13-16H2,(H,29,35)(H,31,34)(H,30,32,33). The summed E-state index contributed by atoms with van der Waals surface area (Å²) < 4.78 is 19.1. The topological polar surface area (TPSA) is 109 Å². The Balaban J connectivity index is 1.19. The number of rotatable bonds is 10. The Hall–Kier alpha value is -3.70. The summed E-state index contributed by atoms with van der Waals surface area (Å²) in [4.78, 5) is 31.5. The number of carbonyl (C=O) groups excluding carboxylic acids is 2. The quantitative estimate of drug-likeness (QED) is 0.236. The number of para-hydroxylation sites is 1. The van der Waals surface area contributed by atoms with E-state index in [2.05, 4.69) is 25.8 Å². The molecule has 0 saturated carbocycles. The van der Waals surface area contributed by atoms with Crippen LogP contribution in [0.4, 0.5) is 9.39 Å². The van der Waals surface area contributed by atoms with Crippen molar-refractivity contribution in [2.24, 2.45) is 0 Å². The van der Waals surface area contributed by atoms with Gasteiger partial charge in [0.25, 0.3) is 5.91 Å². The monoisotopic (exact) mass is 551 g/mol. The number of aryl methyl sites for hydroxylation is 1. The van der Waals surface area contributed by atoms with Crippen LogP contribution in [0.1, 0.15) is 45.0 Å². The number of fused-ring (bicyclic) bond motifs is 1. The van der Waals surface area contributed by atoms with Crippen molar-refractivity contribution in [3.8, 4) is 5.75 Å². The average Bonchev–Trinajstić information content (AvgIpc) is 3.54. The van der Waals surface area contributed by atoms with Crippen molar-refractivity contribution in [1.29, 1.82) is 0 Å². The van der Waals surface area contributed by atoms with Crippen LogP contribution < -0.4 is 15.4 Å². The van der Waals surface area contributed by atoms with Gasteiger partial charge >= 0.3 is 0 Å². The van der Waals surface area contributed by atoms with Crippen molar-refractivity contribution >= 4 is 39.9 Å². The molecule has 0 aliphatic heterocycles. The molecule has 38 heavy (non-hydrogen) atoms. The molecule has 11 heteroatoms. The summed E-state index contributed by atoms with van der Waals surface area (Å²) in [6.07, 6.45) is 3.85. The van der Waals surface area contributed by atoms with Crippen LogP contribution in [0.15, 0.2) is 59.8 Å². The van der Waals surface area contributed by atoms with Crippen molar-refractivity contribution in [3.63, 3.8) is 0 Å². The molecule has 0 unspecified atom stereocenters. The average molecular weight is 552 g/mol. The number of hydrogen-bond acceptors (Lipinski definition) is 7. The van der Waals surface area contributed by atoms with Gasteiger partial charge in [0.15, 0.2) is 17.4 Å². The third-order valence-corrected chi connectivity index (χ3v) is 8.05. The molecule has 0 radical (unpaired) electrons. The molecule has 0 fully saturated rings. The maximum absolute atomic E-state index is 13.7. The van der Waals surface area contributed by atoms with Crippen molar-refractivity contribution in [1.82, 2.24) is 20.5 Å². The summed E-state index contributed by atoms with van der Waals surface area (Å²) in [5, 5.41) is 13.7. The van der Waals surface area contributed by atoms with Gasteiger partial charge in [-0.15, -0.1) is 16.4 Å². The summed E-state index contributed by atoms with van der Waals surface area (Å²) in [7, 11) is 0. The number of thiophene rings is 1. The Kier molecular flexibility index (Phi) is 8.34. The molecule has 2 aromatic heterocycles. The molecule has 2 aromatic carbocycles. The molecule has 0 saturated heterocycles. The molecular weight excluding hydrogens is 525 g/mol. The Labute approximate surface area is 227 Å². The van der Waals surface area contributed by atoms with Crippen LogP contribution in [0.3, 0.4) is 0 Å². The van der Waals surface area contributed by atoms with E-state index in [1.54, 1.807) is 12.1 Å². The highest BCUT2D eigenvalue weighted by Crippen LogP contribution is 2.38. The van der Waals surface area contributed by atoms with Gasteiger partial charge in [-0.1, -0.05) is 54.2 Å². The van der Waals surface area contributed by atoms with E-state index in [0.29, 0.717) is 28.1 Å². The van der Waals surface area contributed by atoms with Crippen LogP contribution in [0.5, 0.6) is 5.75 Å². The molecule has 196 valence electrons. The minimum atomic E-state index is -0.457. The zero-order valence-corrected chi connectivity index (χ0v) is 22.1. The first-order valence-electron chi connectivity index (χ1n) is 12.2. The largest absolute Gasteiger partial charge is 0.483 e. The SMILES string of the molecule is O=C(CSc1n[nH]c(COc2ccccc2F)n1)Nc1sc2c(c1C(=O)NCc1ccccc1)CCCC2. The van der Waals surface area contributed by atoms with E-state index >= 15 is 0 Å². The number of amides is 2. The van der Waals surface area contributed by atoms with Crippen molar-refractivity contribution in [2.75, 3.05) is 11.1 Å². The maximum Gasteiger partial charge on any atom is 0.254 e. The molecule has 5 rings (SSSR count). The number of H-pyrrole nitrogens is 1. The fraction of sp³-hybridized carbons (Fsp3) is 0.259. The number of benzene rings is 2. The number of nitrogens with zero attached hydrogens (tertiary/aromatic N) is 2. The van der Waals surface area contributed by atoms with E-state index in [9.17, 15) is 14.0 Å². The van der Waals surface area contributed by atoms with Gasteiger partial charge in [-0.2, -0.15) is 0 Å². The second-order valence-electron chi connectivity index (χ2n) is 8.70. The molecule has 1 aliphatic rings. The Morgan fingerprint density at radius 1 is 1.08 bits per heavy atom. The van der Waals surface area contributed by atoms with Gasteiger partial charge in [-0.25, -0.2) is 9.37 Å². The lowest BCUT2D eigenvalue weighted by atomic mass is 9.95. The first-order valence-corrected chi connectivity index (χ1v) is 14.0. The molecule has 4 aromatic rings. The predicted octanol–water partition coefficient (Wildman–Crippen LogP) is 5.12. The lowest BCUT2D eigenvalue weighted by Crippen LogP contribution is -2.25. The van der Waals surface area contributed by atoms with E-state index in [0.717, 1.165) is 53.4 Å². The minimum Gasteiger partial charge on any atom is -0.483 e. The van der Waals surface area contributed by atoms with Gasteiger partial charge in [0.2, 0.25) is 11.1 Å². The minimum absolute atomic E-state index is 0.0168. The third-order valence-electron chi connectivity index (χ3n) is 5.99. The predicted molar refractivity (Wildman–Crippen MR) is 145 cm³/mol. The summed E-state index contributed by atoms with van der Waals surface area (Å²) in [6.45, 7) is 0.435. The first kappa shape index (κ1) is 25.9. The Morgan fingerprint density at radius 2 is 1.87 bits per heavy atom. The molecule has 0 spiro atoms. The van der Waals surface area contributed by atoms with Gasteiger partial charge in [0.1, 0.15) is 11.6 Å². The second kappa shape index (κ2) is 12.2. The van der Waals surface area contributed by atoms with Crippen LogP contribution in [0.25, 0.3) is 0 Å². The van der Waals surface area contributed by atoms with Crippen LogP contribution in [-0.4, -0.2) is 32.7 Å². The molecule has 0 bridgehead atoms. The van der Waals surface area contributed by atoms with Gasteiger partial charge in [0.05, 0.1) is 11.3 Å². The summed E-state index contributed by atoms with van der Waals surface area (Å²) in [6, 6.07) is 15.8. The number of halogens is 1. The Bertz CT molecular complexity index is 1420. The number of ether oxygens (including phenoxy) is 1. The van der Waals surface area contributed by atoms with Crippen LogP contribution in [0, 0.1) is 5.82 Å². The normalized spacial score (nSPS) is 12.6. The number of aromatic amines is 1. The van der Waals surface area contributed by atoms with E-state index in [1.807, 2.05) is 30.3 Å². The van der Waals surface area contributed by atoms with Crippen molar-refractivity contribution in [3.05, 3.63) is 87.8 Å². The van der Waals surface area contributed by atoms with Crippen LogP contribution in [-0.2, 0) is 30.8 Å². The molecule has 3 N–H and O–H groups in total. The fourth-order valence-electron chi connectivity index (χ4n) is 4.17. The first-order chi connectivity index (χ1) is 18.6. The van der Waals surface area contributed by atoms with E-state index in [4.69, 9.17) is 4.74 Å². The van der Waals surface area contributed by atoms with E-state index in [-0.39, 0.29) is 29.9 Å². The lowest BCUT2D eigenvalue weighted by Gasteiger charge is -2.13.